The molecule has 0 aliphatic carbocycles. The molecule has 3 nitrogen and oxygen atoms in total. The van der Waals surface area contributed by atoms with E-state index in [0.29, 0.717) is 5.15 Å². The van der Waals surface area contributed by atoms with Crippen LogP contribution >= 0.6 is 11.6 Å². The highest BCUT2D eigenvalue weighted by Gasteiger charge is 2.09. The number of hydrogen-bond donors (Lipinski definition) is 1. The van der Waals surface area contributed by atoms with Crippen LogP contribution in [-0.4, -0.2) is 9.97 Å². The van der Waals surface area contributed by atoms with Gasteiger partial charge in [0.25, 0.3) is 0 Å². The lowest BCUT2D eigenvalue weighted by Crippen LogP contribution is -2.01. The Balaban J connectivity index is 2.34. The minimum Gasteiger partial charge on any atom is -0.340 e. The van der Waals surface area contributed by atoms with Crippen molar-refractivity contribution in [1.82, 2.24) is 9.97 Å². The fraction of sp³-hybridized carbons (Fsp3) is 0.333. The molecule has 1 aromatic carbocycles. The summed E-state index contributed by atoms with van der Waals surface area (Å²) in [6.07, 6.45) is 3.37. The van der Waals surface area contributed by atoms with Gasteiger partial charge in [0, 0.05) is 11.3 Å². The lowest BCUT2D eigenvalue weighted by Gasteiger charge is -2.12. The quantitative estimate of drug-likeness (QED) is 0.838. The average molecular weight is 276 g/mol. The second-order valence-electron chi connectivity index (χ2n) is 4.74. The molecule has 0 saturated carbocycles. The maximum Gasteiger partial charge on any atom is 0.138 e. The first kappa shape index (κ1) is 13.8. The fourth-order valence-corrected chi connectivity index (χ4v) is 2.38. The molecule has 0 aliphatic heterocycles. The molecule has 0 atom stereocenters. The Morgan fingerprint density at radius 3 is 2.42 bits per heavy atom. The Labute approximate surface area is 119 Å². The third-order valence-corrected chi connectivity index (χ3v) is 3.20. The zero-order chi connectivity index (χ0) is 13.8. The Hall–Kier alpha value is -1.61. The summed E-state index contributed by atoms with van der Waals surface area (Å²) in [5.74, 6) is 0.798. The number of hydrogen-bond acceptors (Lipinski definition) is 3. The monoisotopic (exact) mass is 275 g/mol. The number of halogens is 1. The first-order valence-electron chi connectivity index (χ1n) is 6.45. The lowest BCUT2D eigenvalue weighted by molar-refractivity contribution is 0.904. The van der Waals surface area contributed by atoms with Crippen molar-refractivity contribution in [2.75, 3.05) is 5.32 Å². The van der Waals surface area contributed by atoms with Crippen LogP contribution in [0.25, 0.3) is 0 Å². The number of rotatable bonds is 4. The molecule has 0 fully saturated rings. The van der Waals surface area contributed by atoms with Crippen LogP contribution in [0.4, 0.5) is 11.5 Å². The van der Waals surface area contributed by atoms with Crippen LogP contribution in [0.1, 0.15) is 30.0 Å². The minimum absolute atomic E-state index is 0.531. The van der Waals surface area contributed by atoms with Gasteiger partial charge in [-0.3, -0.25) is 0 Å². The van der Waals surface area contributed by atoms with E-state index in [-0.39, 0.29) is 0 Å². The molecule has 1 aromatic heterocycles. The molecule has 0 saturated heterocycles. The second kappa shape index (κ2) is 6.02. The number of anilines is 2. The van der Waals surface area contributed by atoms with Gasteiger partial charge in [-0.1, -0.05) is 31.0 Å². The van der Waals surface area contributed by atoms with E-state index in [1.807, 2.05) is 0 Å². The number of aromatic nitrogens is 2. The Morgan fingerprint density at radius 2 is 1.79 bits per heavy atom. The van der Waals surface area contributed by atoms with Crippen LogP contribution in [0.3, 0.4) is 0 Å². The zero-order valence-corrected chi connectivity index (χ0v) is 12.3. The normalized spacial score (nSPS) is 10.5. The number of nitrogens with one attached hydrogen (secondary N) is 1. The van der Waals surface area contributed by atoms with Crippen molar-refractivity contribution in [3.63, 3.8) is 0 Å². The van der Waals surface area contributed by atoms with Gasteiger partial charge in [0.1, 0.15) is 17.3 Å². The topological polar surface area (TPSA) is 37.8 Å². The Bertz CT molecular complexity index is 561. The van der Waals surface area contributed by atoms with Gasteiger partial charge in [-0.25, -0.2) is 9.97 Å². The summed E-state index contributed by atoms with van der Waals surface area (Å²) >= 11 is 6.15. The molecule has 0 aliphatic rings. The highest BCUT2D eigenvalue weighted by atomic mass is 35.5. The number of benzene rings is 1. The van der Waals surface area contributed by atoms with E-state index in [4.69, 9.17) is 11.6 Å². The molecule has 0 amide bonds. The highest BCUT2D eigenvalue weighted by molar-refractivity contribution is 6.30. The van der Waals surface area contributed by atoms with Crippen LogP contribution in [-0.2, 0) is 6.42 Å². The molecular formula is C15H18ClN3. The molecule has 100 valence electrons. The van der Waals surface area contributed by atoms with E-state index in [1.165, 1.54) is 17.5 Å². The van der Waals surface area contributed by atoms with E-state index in [9.17, 15) is 0 Å². The van der Waals surface area contributed by atoms with Gasteiger partial charge in [0.2, 0.25) is 0 Å². The lowest BCUT2D eigenvalue weighted by atomic mass is 10.1. The zero-order valence-electron chi connectivity index (χ0n) is 11.5. The first-order chi connectivity index (χ1) is 9.10. The summed E-state index contributed by atoms with van der Waals surface area (Å²) in [6.45, 7) is 6.28. The summed E-state index contributed by atoms with van der Waals surface area (Å²) in [6, 6.07) is 6.34. The Morgan fingerprint density at radius 1 is 1.11 bits per heavy atom. The number of nitrogens with zero attached hydrogens (tertiary/aromatic N) is 2. The summed E-state index contributed by atoms with van der Waals surface area (Å²) in [7, 11) is 0. The Kier molecular flexibility index (Phi) is 4.38. The van der Waals surface area contributed by atoms with Crippen LogP contribution in [0, 0.1) is 13.8 Å². The van der Waals surface area contributed by atoms with Crippen molar-refractivity contribution in [1.29, 1.82) is 0 Å². The van der Waals surface area contributed by atoms with Crippen molar-refractivity contribution in [2.24, 2.45) is 0 Å². The molecule has 1 N–H and O–H groups in total. The average Bonchev–Trinajstić information content (AvgIpc) is 2.32. The van der Waals surface area contributed by atoms with E-state index >= 15 is 0 Å². The van der Waals surface area contributed by atoms with Crippen molar-refractivity contribution in [2.45, 2.75) is 33.6 Å². The summed E-state index contributed by atoms with van der Waals surface area (Å²) in [4.78, 5) is 8.36. The smallest absolute Gasteiger partial charge is 0.138 e. The predicted molar refractivity (Wildman–Crippen MR) is 80.2 cm³/mol. The summed E-state index contributed by atoms with van der Waals surface area (Å²) in [5, 5.41) is 3.88. The fourth-order valence-electron chi connectivity index (χ4n) is 2.15. The van der Waals surface area contributed by atoms with E-state index < -0.39 is 0 Å². The van der Waals surface area contributed by atoms with Gasteiger partial charge in [0.15, 0.2) is 0 Å². The first-order valence-corrected chi connectivity index (χ1v) is 6.82. The molecule has 19 heavy (non-hydrogen) atoms. The third-order valence-electron chi connectivity index (χ3n) is 2.88. The van der Waals surface area contributed by atoms with Gasteiger partial charge in [-0.15, -0.1) is 0 Å². The van der Waals surface area contributed by atoms with Crippen molar-refractivity contribution < 1.29 is 0 Å². The van der Waals surface area contributed by atoms with E-state index in [0.717, 1.165) is 29.9 Å². The largest absolute Gasteiger partial charge is 0.340 e. The van der Waals surface area contributed by atoms with E-state index in [2.05, 4.69) is 54.3 Å². The van der Waals surface area contributed by atoms with Crippen LogP contribution in [0.2, 0.25) is 5.15 Å². The van der Waals surface area contributed by atoms with Gasteiger partial charge < -0.3 is 5.32 Å². The van der Waals surface area contributed by atoms with Crippen LogP contribution in [0.15, 0.2) is 24.5 Å². The highest BCUT2D eigenvalue weighted by Crippen LogP contribution is 2.25. The van der Waals surface area contributed by atoms with Gasteiger partial charge in [0.05, 0.1) is 0 Å². The predicted octanol–water partition coefficient (Wildman–Crippen LogP) is 4.44. The summed E-state index contributed by atoms with van der Waals surface area (Å²) < 4.78 is 0. The molecule has 0 radical (unpaired) electrons. The standard InChI is InChI=1S/C15H18ClN3/c1-4-5-13-14(16)17-9-18-15(13)19-12-7-10(2)6-11(3)8-12/h6-9H,4-5H2,1-3H3,(H,17,18,19). The van der Waals surface area contributed by atoms with Crippen molar-refractivity contribution >= 4 is 23.1 Å². The maximum absolute atomic E-state index is 6.15. The summed E-state index contributed by atoms with van der Waals surface area (Å²) in [5.41, 5.74) is 4.45. The SMILES string of the molecule is CCCc1c(Cl)ncnc1Nc1cc(C)cc(C)c1. The van der Waals surface area contributed by atoms with E-state index in [1.54, 1.807) is 0 Å². The molecule has 4 heteroatoms. The molecular weight excluding hydrogens is 258 g/mol. The third kappa shape index (κ3) is 3.44. The molecule has 0 bridgehead atoms. The minimum atomic E-state index is 0.531. The van der Waals surface area contributed by atoms with Gasteiger partial charge in [-0.2, -0.15) is 0 Å². The van der Waals surface area contributed by atoms with Crippen LogP contribution < -0.4 is 5.32 Å². The molecule has 2 aromatic rings. The molecule has 2 rings (SSSR count). The van der Waals surface area contributed by atoms with Crippen LogP contribution in [0.5, 0.6) is 0 Å². The van der Waals surface area contributed by atoms with Crippen molar-refractivity contribution in [3.05, 3.63) is 46.4 Å². The molecule has 1 heterocycles. The van der Waals surface area contributed by atoms with Gasteiger partial charge in [-0.05, 0) is 43.5 Å². The molecule has 0 spiro atoms. The maximum atomic E-state index is 6.15. The van der Waals surface area contributed by atoms with Crippen molar-refractivity contribution in [3.8, 4) is 0 Å². The van der Waals surface area contributed by atoms with Gasteiger partial charge >= 0.3 is 0 Å². The second-order valence-corrected chi connectivity index (χ2v) is 5.10. The number of aryl methyl sites for hydroxylation is 2. The molecule has 0 unspecified atom stereocenters.